The number of hydrogen-bond acceptors (Lipinski definition) is 2. The van der Waals surface area contributed by atoms with E-state index in [9.17, 15) is 4.79 Å². The van der Waals surface area contributed by atoms with Gasteiger partial charge in [0.25, 0.3) is 0 Å². The Hall–Kier alpha value is -1.26. The number of thioether (sulfide) groups is 1. The quantitative estimate of drug-likeness (QED) is 0.631. The summed E-state index contributed by atoms with van der Waals surface area (Å²) in [4.78, 5) is 14.0. The highest BCUT2D eigenvalue weighted by molar-refractivity contribution is 9.10. The minimum absolute atomic E-state index is 0.0684. The van der Waals surface area contributed by atoms with Crippen LogP contribution in [0.1, 0.15) is 33.3 Å². The van der Waals surface area contributed by atoms with Crippen LogP contribution in [0.4, 0.5) is 0 Å². The van der Waals surface area contributed by atoms with E-state index < -0.39 is 11.0 Å². The molecule has 0 aliphatic carbocycles. The number of nitrogens with one attached hydrogen (secondary N) is 1. The molecule has 128 valence electrons. The van der Waals surface area contributed by atoms with Gasteiger partial charge in [-0.3, -0.25) is 4.79 Å². The van der Waals surface area contributed by atoms with Gasteiger partial charge < -0.3 is 5.32 Å². The van der Waals surface area contributed by atoms with E-state index in [1.54, 1.807) is 11.8 Å². The maximum Gasteiger partial charge on any atom is 0.227 e. The summed E-state index contributed by atoms with van der Waals surface area (Å²) in [7, 11) is 0. The van der Waals surface area contributed by atoms with Crippen molar-refractivity contribution in [3.05, 3.63) is 64.6 Å². The van der Waals surface area contributed by atoms with Crippen LogP contribution in [-0.2, 0) is 10.3 Å². The lowest BCUT2D eigenvalue weighted by Gasteiger charge is -2.32. The van der Waals surface area contributed by atoms with Crippen molar-refractivity contribution in [2.45, 2.75) is 38.1 Å². The summed E-state index contributed by atoms with van der Waals surface area (Å²) in [5.41, 5.74) is 0.253. The molecule has 2 aromatic carbocycles. The lowest BCUT2D eigenvalue weighted by Crippen LogP contribution is -2.47. The molecule has 0 bridgehead atoms. The molecule has 0 heterocycles. The van der Waals surface area contributed by atoms with Crippen molar-refractivity contribution in [2.75, 3.05) is 5.75 Å². The second kappa shape index (κ2) is 7.75. The summed E-state index contributed by atoms with van der Waals surface area (Å²) in [6.45, 7) is 8.07. The zero-order chi connectivity index (χ0) is 17.8. The highest BCUT2D eigenvalue weighted by Gasteiger charge is 2.32. The van der Waals surface area contributed by atoms with E-state index in [4.69, 9.17) is 0 Å². The lowest BCUT2D eigenvalue weighted by atomic mass is 9.89. The fourth-order valence-electron chi connectivity index (χ4n) is 2.27. The summed E-state index contributed by atoms with van der Waals surface area (Å²) in [6, 6.07) is 18.2. The topological polar surface area (TPSA) is 29.1 Å². The zero-order valence-corrected chi connectivity index (χ0v) is 17.0. The Bertz CT molecular complexity index is 698. The lowest BCUT2D eigenvalue weighted by molar-refractivity contribution is -0.130. The molecule has 0 aromatic heterocycles. The minimum atomic E-state index is -0.459. The number of rotatable bonds is 6. The number of carbonyl (C=O) groups excluding carboxylic acids is 1. The van der Waals surface area contributed by atoms with Crippen LogP contribution < -0.4 is 5.32 Å². The summed E-state index contributed by atoms with van der Waals surface area (Å²) in [6.07, 6.45) is 0. The van der Waals surface area contributed by atoms with Crippen molar-refractivity contribution in [1.29, 1.82) is 0 Å². The van der Waals surface area contributed by atoms with Gasteiger partial charge in [0, 0.05) is 15.1 Å². The molecule has 0 aliphatic rings. The molecule has 24 heavy (non-hydrogen) atoms. The van der Waals surface area contributed by atoms with Gasteiger partial charge in [0.2, 0.25) is 5.91 Å². The van der Waals surface area contributed by atoms with Gasteiger partial charge in [-0.15, -0.1) is 11.8 Å². The molecule has 0 radical (unpaired) electrons. The van der Waals surface area contributed by atoms with Crippen LogP contribution in [0.3, 0.4) is 0 Å². The van der Waals surface area contributed by atoms with Gasteiger partial charge in [-0.05, 0) is 37.6 Å². The molecular formula is C20H24BrNOS. The van der Waals surface area contributed by atoms with E-state index in [1.807, 2.05) is 70.2 Å². The number of hydrogen-bond donors (Lipinski definition) is 1. The molecule has 0 spiro atoms. The fourth-order valence-corrected chi connectivity index (χ4v) is 3.86. The van der Waals surface area contributed by atoms with Gasteiger partial charge >= 0.3 is 0 Å². The van der Waals surface area contributed by atoms with Gasteiger partial charge in [-0.2, -0.15) is 0 Å². The Morgan fingerprint density at radius 1 is 1.04 bits per heavy atom. The van der Waals surface area contributed by atoms with Crippen molar-refractivity contribution in [2.24, 2.45) is 5.41 Å². The largest absolute Gasteiger partial charge is 0.347 e. The van der Waals surface area contributed by atoms with Gasteiger partial charge in [0.1, 0.15) is 0 Å². The van der Waals surface area contributed by atoms with Crippen molar-refractivity contribution in [1.82, 2.24) is 5.32 Å². The molecule has 2 aromatic rings. The van der Waals surface area contributed by atoms with E-state index in [-0.39, 0.29) is 5.91 Å². The molecule has 0 saturated heterocycles. The average Bonchev–Trinajstić information content (AvgIpc) is 2.53. The monoisotopic (exact) mass is 405 g/mol. The third-order valence-electron chi connectivity index (χ3n) is 3.93. The van der Waals surface area contributed by atoms with E-state index in [0.717, 1.165) is 20.7 Å². The normalized spacial score (nSPS) is 12.0. The molecule has 0 saturated carbocycles. The van der Waals surface area contributed by atoms with Crippen LogP contribution in [0.2, 0.25) is 0 Å². The predicted molar refractivity (Wildman–Crippen MR) is 106 cm³/mol. The van der Waals surface area contributed by atoms with Crippen LogP contribution in [0.25, 0.3) is 0 Å². The maximum atomic E-state index is 12.8. The second-order valence-corrected chi connectivity index (χ2v) is 9.04. The van der Waals surface area contributed by atoms with Crippen LogP contribution in [0.15, 0.2) is 64.0 Å². The van der Waals surface area contributed by atoms with Crippen molar-refractivity contribution < 1.29 is 4.79 Å². The summed E-state index contributed by atoms with van der Waals surface area (Å²) in [5.74, 6) is 0.791. The SMILES string of the molecule is CC(C)(CSc1cccc(Br)c1)C(=O)NC(C)(C)c1ccccc1. The minimum Gasteiger partial charge on any atom is -0.347 e. The average molecular weight is 406 g/mol. The maximum absolute atomic E-state index is 12.8. The molecule has 4 heteroatoms. The van der Waals surface area contributed by atoms with E-state index in [2.05, 4.69) is 33.4 Å². The molecule has 1 amide bonds. The first kappa shape index (κ1) is 19.1. The number of halogens is 1. The first-order chi connectivity index (χ1) is 11.2. The highest BCUT2D eigenvalue weighted by Crippen LogP contribution is 2.30. The molecule has 2 nitrogen and oxygen atoms in total. The highest BCUT2D eigenvalue weighted by atomic mass is 79.9. The Morgan fingerprint density at radius 2 is 1.71 bits per heavy atom. The second-order valence-electron chi connectivity index (χ2n) is 7.08. The van der Waals surface area contributed by atoms with Gasteiger partial charge in [-0.25, -0.2) is 0 Å². The van der Waals surface area contributed by atoms with Gasteiger partial charge in [0.15, 0.2) is 0 Å². The molecule has 1 N–H and O–H groups in total. The van der Waals surface area contributed by atoms with E-state index in [1.165, 1.54) is 0 Å². The third-order valence-corrected chi connectivity index (χ3v) is 5.88. The number of amides is 1. The van der Waals surface area contributed by atoms with Crippen molar-refractivity contribution in [3.8, 4) is 0 Å². The molecule has 2 rings (SSSR count). The Labute approximate surface area is 157 Å². The van der Waals surface area contributed by atoms with Crippen molar-refractivity contribution in [3.63, 3.8) is 0 Å². The van der Waals surface area contributed by atoms with Crippen LogP contribution in [0, 0.1) is 5.41 Å². The molecule has 0 atom stereocenters. The van der Waals surface area contributed by atoms with E-state index >= 15 is 0 Å². The van der Waals surface area contributed by atoms with Crippen LogP contribution >= 0.6 is 27.7 Å². The Kier molecular flexibility index (Phi) is 6.16. The smallest absolute Gasteiger partial charge is 0.227 e. The Balaban J connectivity index is 2.02. The van der Waals surface area contributed by atoms with E-state index in [0.29, 0.717) is 0 Å². The summed E-state index contributed by atoms with van der Waals surface area (Å²) >= 11 is 5.19. The van der Waals surface area contributed by atoms with Gasteiger partial charge in [-0.1, -0.05) is 66.2 Å². The van der Waals surface area contributed by atoms with Gasteiger partial charge in [0.05, 0.1) is 11.0 Å². The summed E-state index contributed by atoms with van der Waals surface area (Å²) < 4.78 is 1.06. The Morgan fingerprint density at radius 3 is 2.33 bits per heavy atom. The molecule has 0 fully saturated rings. The first-order valence-corrected chi connectivity index (χ1v) is 9.75. The molecule has 0 unspecified atom stereocenters. The number of carbonyl (C=O) groups is 1. The van der Waals surface area contributed by atoms with Crippen molar-refractivity contribution >= 4 is 33.6 Å². The number of benzene rings is 2. The standard InChI is InChI=1S/C20H24BrNOS/c1-19(2,14-24-17-12-8-11-16(21)13-17)18(23)22-20(3,4)15-9-6-5-7-10-15/h5-13H,14H2,1-4H3,(H,22,23). The van der Waals surface area contributed by atoms with Crippen LogP contribution in [-0.4, -0.2) is 11.7 Å². The van der Waals surface area contributed by atoms with Crippen LogP contribution in [0.5, 0.6) is 0 Å². The fraction of sp³-hybridized carbons (Fsp3) is 0.350. The molecular weight excluding hydrogens is 382 g/mol. The first-order valence-electron chi connectivity index (χ1n) is 7.97. The third kappa shape index (κ3) is 5.12. The predicted octanol–water partition coefficient (Wildman–Crippen LogP) is 5.62. The summed E-state index contributed by atoms with van der Waals surface area (Å²) in [5, 5.41) is 3.20. The zero-order valence-electron chi connectivity index (χ0n) is 14.6. The molecule has 0 aliphatic heterocycles.